The van der Waals surface area contributed by atoms with Crippen molar-refractivity contribution in [2.24, 2.45) is 5.73 Å². The van der Waals surface area contributed by atoms with E-state index >= 15 is 0 Å². The molecule has 1 aromatic carbocycles. The molecule has 0 aromatic heterocycles. The molecule has 1 aromatic rings. The van der Waals surface area contributed by atoms with Crippen molar-refractivity contribution in [2.45, 2.75) is 12.5 Å². The second-order valence-electron chi connectivity index (χ2n) is 3.85. The SMILES string of the molecule is NC(=O)NC(=O)C[C@@H]1Nc2ccccc2NC1=O. The summed E-state index contributed by atoms with van der Waals surface area (Å²) in [7, 11) is 0. The quantitative estimate of drug-likeness (QED) is 0.590. The molecule has 0 unspecified atom stereocenters. The number of benzene rings is 1. The van der Waals surface area contributed by atoms with Crippen LogP contribution in [0.5, 0.6) is 0 Å². The Kier molecular flexibility index (Phi) is 3.13. The summed E-state index contributed by atoms with van der Waals surface area (Å²) in [6, 6.07) is 5.48. The Labute approximate surface area is 103 Å². The van der Waals surface area contributed by atoms with Crippen LogP contribution < -0.4 is 21.7 Å². The lowest BCUT2D eigenvalue weighted by atomic mass is 10.1. The average molecular weight is 248 g/mol. The molecule has 0 saturated heterocycles. The Hall–Kier alpha value is -2.57. The summed E-state index contributed by atoms with van der Waals surface area (Å²) in [5.74, 6) is -0.928. The van der Waals surface area contributed by atoms with Gasteiger partial charge >= 0.3 is 6.03 Å². The van der Waals surface area contributed by atoms with Crippen LogP contribution in [0.3, 0.4) is 0 Å². The molecule has 7 nitrogen and oxygen atoms in total. The fourth-order valence-electron chi connectivity index (χ4n) is 1.71. The maximum absolute atomic E-state index is 11.7. The summed E-state index contributed by atoms with van der Waals surface area (Å²) in [5, 5.41) is 7.51. The van der Waals surface area contributed by atoms with E-state index < -0.39 is 18.0 Å². The molecule has 1 heterocycles. The number of rotatable bonds is 2. The molecule has 1 aliphatic heterocycles. The Morgan fingerprint density at radius 2 is 1.94 bits per heavy atom. The lowest BCUT2D eigenvalue weighted by Crippen LogP contribution is -2.44. The first kappa shape index (κ1) is 11.9. The first-order chi connectivity index (χ1) is 8.56. The number of hydrogen-bond donors (Lipinski definition) is 4. The number of hydrogen-bond acceptors (Lipinski definition) is 4. The molecule has 2 rings (SSSR count). The average Bonchev–Trinajstić information content (AvgIpc) is 2.29. The van der Waals surface area contributed by atoms with Crippen molar-refractivity contribution in [1.82, 2.24) is 5.32 Å². The maximum Gasteiger partial charge on any atom is 0.318 e. The van der Waals surface area contributed by atoms with E-state index in [1.54, 1.807) is 18.2 Å². The first-order valence-corrected chi connectivity index (χ1v) is 5.32. The molecule has 0 fully saturated rings. The zero-order chi connectivity index (χ0) is 13.1. The van der Waals surface area contributed by atoms with Gasteiger partial charge in [-0.2, -0.15) is 0 Å². The Morgan fingerprint density at radius 1 is 1.28 bits per heavy atom. The summed E-state index contributed by atoms with van der Waals surface area (Å²) in [5.41, 5.74) is 6.21. The third kappa shape index (κ3) is 2.57. The monoisotopic (exact) mass is 248 g/mol. The second-order valence-corrected chi connectivity index (χ2v) is 3.85. The second kappa shape index (κ2) is 4.74. The summed E-state index contributed by atoms with van der Waals surface area (Å²) in [6.07, 6.45) is -0.164. The van der Waals surface area contributed by atoms with E-state index in [1.165, 1.54) is 0 Å². The molecule has 4 amide bonds. The number of urea groups is 1. The van der Waals surface area contributed by atoms with E-state index in [0.717, 1.165) is 5.69 Å². The molecule has 0 saturated carbocycles. The van der Waals surface area contributed by atoms with Crippen LogP contribution in [0.4, 0.5) is 16.2 Å². The number of imide groups is 1. The lowest BCUT2D eigenvalue weighted by Gasteiger charge is -2.26. The van der Waals surface area contributed by atoms with Gasteiger partial charge in [0.25, 0.3) is 0 Å². The van der Waals surface area contributed by atoms with E-state index in [-0.39, 0.29) is 12.3 Å². The van der Waals surface area contributed by atoms with Crippen molar-refractivity contribution in [2.75, 3.05) is 10.6 Å². The molecular formula is C11H12N4O3. The highest BCUT2D eigenvalue weighted by atomic mass is 16.2. The molecule has 5 N–H and O–H groups in total. The predicted octanol–water partition coefficient (Wildman–Crippen LogP) is 0.00420. The molecule has 18 heavy (non-hydrogen) atoms. The zero-order valence-electron chi connectivity index (χ0n) is 9.40. The highest BCUT2D eigenvalue weighted by Gasteiger charge is 2.27. The van der Waals surface area contributed by atoms with Gasteiger partial charge < -0.3 is 16.4 Å². The highest BCUT2D eigenvalue weighted by Crippen LogP contribution is 2.26. The van der Waals surface area contributed by atoms with Crippen molar-refractivity contribution in [3.05, 3.63) is 24.3 Å². The summed E-state index contributed by atoms with van der Waals surface area (Å²) in [4.78, 5) is 33.6. The van der Waals surface area contributed by atoms with Crippen LogP contribution in [0.15, 0.2) is 24.3 Å². The van der Waals surface area contributed by atoms with Gasteiger partial charge in [-0.05, 0) is 12.1 Å². The topological polar surface area (TPSA) is 113 Å². The van der Waals surface area contributed by atoms with Gasteiger partial charge in [0.2, 0.25) is 11.8 Å². The van der Waals surface area contributed by atoms with Gasteiger partial charge in [0.05, 0.1) is 17.8 Å². The van der Waals surface area contributed by atoms with Crippen LogP contribution >= 0.6 is 0 Å². The van der Waals surface area contributed by atoms with E-state index in [9.17, 15) is 14.4 Å². The van der Waals surface area contributed by atoms with E-state index in [4.69, 9.17) is 5.73 Å². The van der Waals surface area contributed by atoms with Gasteiger partial charge in [0.1, 0.15) is 6.04 Å². The van der Waals surface area contributed by atoms with Crippen molar-refractivity contribution in [3.8, 4) is 0 Å². The number of anilines is 2. The lowest BCUT2D eigenvalue weighted by molar-refractivity contribution is -0.124. The largest absolute Gasteiger partial charge is 0.372 e. The number of para-hydroxylation sites is 2. The van der Waals surface area contributed by atoms with Crippen LogP contribution in [0.2, 0.25) is 0 Å². The van der Waals surface area contributed by atoms with Crippen LogP contribution in [0.25, 0.3) is 0 Å². The minimum absolute atomic E-state index is 0.164. The number of amides is 4. The van der Waals surface area contributed by atoms with E-state index in [2.05, 4.69) is 10.6 Å². The Morgan fingerprint density at radius 3 is 2.61 bits per heavy atom. The van der Waals surface area contributed by atoms with Crippen molar-refractivity contribution in [1.29, 1.82) is 0 Å². The Balaban J connectivity index is 2.06. The molecule has 1 atom stereocenters. The summed E-state index contributed by atoms with van der Waals surface area (Å²) < 4.78 is 0. The van der Waals surface area contributed by atoms with Crippen LogP contribution in [0, 0.1) is 0 Å². The minimum Gasteiger partial charge on any atom is -0.372 e. The van der Waals surface area contributed by atoms with Crippen molar-refractivity contribution in [3.63, 3.8) is 0 Å². The molecule has 7 heteroatoms. The van der Waals surface area contributed by atoms with Crippen LogP contribution in [-0.2, 0) is 9.59 Å². The molecule has 94 valence electrons. The standard InChI is InChI=1S/C11H12N4O3/c12-11(18)15-9(16)5-8-10(17)14-7-4-2-1-3-6(7)13-8/h1-4,8,13H,5H2,(H,14,17)(H3,12,15,16,18)/t8-/m0/s1. The number of fused-ring (bicyclic) bond motifs is 1. The molecule has 1 aliphatic rings. The van der Waals surface area contributed by atoms with Gasteiger partial charge in [-0.1, -0.05) is 12.1 Å². The van der Waals surface area contributed by atoms with E-state index in [1.807, 2.05) is 11.4 Å². The fraction of sp³-hybridized carbons (Fsp3) is 0.182. The van der Waals surface area contributed by atoms with Crippen molar-refractivity contribution >= 4 is 29.2 Å². The number of nitrogens with two attached hydrogens (primary N) is 1. The number of carbonyl (C=O) groups is 3. The molecular weight excluding hydrogens is 236 g/mol. The molecule has 0 radical (unpaired) electrons. The third-order valence-corrected chi connectivity index (χ3v) is 2.48. The normalized spacial score (nSPS) is 17.1. The zero-order valence-corrected chi connectivity index (χ0v) is 9.40. The summed E-state index contributed by atoms with van der Waals surface area (Å²) in [6.45, 7) is 0. The van der Waals surface area contributed by atoms with Gasteiger partial charge in [-0.15, -0.1) is 0 Å². The van der Waals surface area contributed by atoms with Gasteiger partial charge in [0.15, 0.2) is 0 Å². The fourth-order valence-corrected chi connectivity index (χ4v) is 1.71. The first-order valence-electron chi connectivity index (χ1n) is 5.32. The van der Waals surface area contributed by atoms with Crippen LogP contribution in [-0.4, -0.2) is 23.9 Å². The summed E-state index contributed by atoms with van der Waals surface area (Å²) >= 11 is 0. The number of primary amides is 1. The van der Waals surface area contributed by atoms with E-state index in [0.29, 0.717) is 5.69 Å². The minimum atomic E-state index is -0.934. The Bertz CT molecular complexity index is 515. The molecule has 0 spiro atoms. The predicted molar refractivity (Wildman–Crippen MR) is 64.8 cm³/mol. The maximum atomic E-state index is 11.7. The van der Waals surface area contributed by atoms with Crippen molar-refractivity contribution < 1.29 is 14.4 Å². The molecule has 0 aliphatic carbocycles. The van der Waals surface area contributed by atoms with Gasteiger partial charge in [-0.3, -0.25) is 14.9 Å². The van der Waals surface area contributed by atoms with Crippen LogP contribution in [0.1, 0.15) is 6.42 Å². The number of nitrogens with one attached hydrogen (secondary N) is 3. The molecule has 0 bridgehead atoms. The smallest absolute Gasteiger partial charge is 0.318 e. The van der Waals surface area contributed by atoms with Gasteiger partial charge in [0, 0.05) is 0 Å². The van der Waals surface area contributed by atoms with Gasteiger partial charge in [-0.25, -0.2) is 4.79 Å². The highest BCUT2D eigenvalue weighted by molar-refractivity contribution is 6.05. The third-order valence-electron chi connectivity index (χ3n) is 2.48. The number of carbonyl (C=O) groups excluding carboxylic acids is 3.